The Morgan fingerprint density at radius 1 is 0.482 bits per heavy atom. The van der Waals surface area contributed by atoms with Gasteiger partial charge >= 0.3 is 21.6 Å². The Morgan fingerprint density at radius 2 is 0.857 bits per heavy atom. The molecule has 0 spiro atoms. The Bertz CT molecular complexity index is 2650. The number of phosphoric ester groups is 1. The molecule has 4 N–H and O–H groups in total. The number of hydrogen-bond donors (Lipinski definition) is 4. The molecule has 0 saturated carbocycles. The van der Waals surface area contributed by atoms with Crippen molar-refractivity contribution < 1.29 is 47.3 Å². The third-order valence-electron chi connectivity index (χ3n) is 9.52. The second-order valence-electron chi connectivity index (χ2n) is 13.0. The molecular weight excluding hydrogens is 750 g/mol. The molecule has 2 atom stereocenters. The molecule has 12 heteroatoms. The van der Waals surface area contributed by atoms with E-state index in [9.17, 15) is 19.1 Å². The minimum Gasteiger partial charge on any atom is -0.508 e. The van der Waals surface area contributed by atoms with Gasteiger partial charge in [0.05, 0.1) is 5.56 Å². The lowest BCUT2D eigenvalue weighted by Gasteiger charge is -2.34. The highest BCUT2D eigenvalue weighted by Gasteiger charge is 2.53. The Morgan fingerprint density at radius 3 is 1.29 bits per heavy atom. The predicted octanol–water partition coefficient (Wildman–Crippen LogP) is 10.1. The molecule has 278 valence electrons. The summed E-state index contributed by atoms with van der Waals surface area (Å²) in [7, 11) is -10.6. The maximum atomic E-state index is 15.0. The molecule has 56 heavy (non-hydrogen) atoms. The van der Waals surface area contributed by atoms with Crippen LogP contribution in [0.25, 0.3) is 44.5 Å². The first-order valence-corrected chi connectivity index (χ1v) is 20.4. The highest BCUT2D eigenvalue weighted by atomic mass is 31.3. The minimum absolute atomic E-state index is 0.0152. The number of ether oxygens (including phenoxy) is 1. The quantitative estimate of drug-likeness (QED) is 0.0777. The van der Waals surface area contributed by atoms with Gasteiger partial charge in [-0.1, -0.05) is 146 Å². The van der Waals surface area contributed by atoms with E-state index in [4.69, 9.17) is 19.0 Å². The summed E-state index contributed by atoms with van der Waals surface area (Å²) in [5, 5.41) is 10.5. The minimum atomic E-state index is -5.39. The topological polar surface area (TPSA) is 160 Å². The Labute approximate surface area is 321 Å². The van der Waals surface area contributed by atoms with Crippen LogP contribution in [0.5, 0.6) is 11.5 Å². The van der Waals surface area contributed by atoms with E-state index in [2.05, 4.69) is 4.31 Å². The molecule has 8 rings (SSSR count). The van der Waals surface area contributed by atoms with Gasteiger partial charge in [-0.05, 0) is 63.2 Å². The van der Waals surface area contributed by atoms with E-state index >= 15 is 4.79 Å². The maximum absolute atomic E-state index is 15.0. The summed E-state index contributed by atoms with van der Waals surface area (Å²) >= 11 is 0. The van der Waals surface area contributed by atoms with E-state index in [1.165, 1.54) is 36.4 Å². The van der Waals surface area contributed by atoms with Crippen LogP contribution in [0.3, 0.4) is 0 Å². The van der Waals surface area contributed by atoms with Crippen molar-refractivity contribution in [3.05, 3.63) is 192 Å². The van der Waals surface area contributed by atoms with Gasteiger partial charge in [0.15, 0.2) is 5.60 Å². The van der Waals surface area contributed by atoms with Crippen LogP contribution in [0.4, 0.5) is 0 Å². The fourth-order valence-corrected chi connectivity index (χ4v) is 9.02. The first-order valence-electron chi connectivity index (χ1n) is 17.3. The van der Waals surface area contributed by atoms with Gasteiger partial charge in [0.25, 0.3) is 0 Å². The number of cyclic esters (lactones) is 1. The maximum Gasteiger partial charge on any atom is 0.536 e. The van der Waals surface area contributed by atoms with Crippen LogP contribution in [0.2, 0.25) is 0 Å². The highest BCUT2D eigenvalue weighted by molar-refractivity contribution is 7.60. The zero-order valence-electron chi connectivity index (χ0n) is 29.3. The second-order valence-corrected chi connectivity index (χ2v) is 15.7. The first-order chi connectivity index (χ1) is 27.0. The fourth-order valence-electron chi connectivity index (χ4n) is 7.43. The molecule has 7 aromatic rings. The zero-order chi connectivity index (χ0) is 39.1. The van der Waals surface area contributed by atoms with Crippen LogP contribution in [-0.4, -0.2) is 25.8 Å². The third kappa shape index (κ3) is 6.87. The van der Waals surface area contributed by atoms with Crippen LogP contribution < -0.4 is 4.52 Å². The molecule has 1 aliphatic heterocycles. The van der Waals surface area contributed by atoms with E-state index in [1.807, 2.05) is 121 Å². The summed E-state index contributed by atoms with van der Waals surface area (Å²) in [5.41, 5.74) is 6.31. The van der Waals surface area contributed by atoms with Gasteiger partial charge in [-0.15, -0.1) is 0 Å². The molecule has 0 fully saturated rings. The van der Waals surface area contributed by atoms with Gasteiger partial charge < -0.3 is 24.2 Å². The van der Waals surface area contributed by atoms with Crippen molar-refractivity contribution >= 4 is 21.6 Å². The Kier molecular flexibility index (Phi) is 9.56. The van der Waals surface area contributed by atoms with Crippen molar-refractivity contribution in [3.63, 3.8) is 0 Å². The number of rotatable bonds is 10. The normalized spacial score (nSPS) is 16.1. The molecule has 0 aliphatic carbocycles. The van der Waals surface area contributed by atoms with Crippen molar-refractivity contribution in [1.29, 1.82) is 0 Å². The number of carbonyl (C=O) groups is 1. The SMILES string of the molecule is O=C1OC(c2ccc(O)cc2)(c2ccc(OP(=O)(O)OP(=O)(O)O)cc2)c2c1c(-c1ccccc1)c(-c1ccccc1)c(-c1ccccc1)c2-c1ccccc1. The van der Waals surface area contributed by atoms with Gasteiger partial charge in [0.2, 0.25) is 0 Å². The monoisotopic (exact) mass is 782 g/mol. The van der Waals surface area contributed by atoms with Crippen LogP contribution in [0.1, 0.15) is 27.0 Å². The molecule has 1 aliphatic rings. The van der Waals surface area contributed by atoms with E-state index in [0.717, 1.165) is 33.4 Å². The van der Waals surface area contributed by atoms with Crippen LogP contribution >= 0.6 is 15.6 Å². The summed E-state index contributed by atoms with van der Waals surface area (Å²) < 4.78 is 39.6. The number of phosphoric acid groups is 2. The smallest absolute Gasteiger partial charge is 0.508 e. The zero-order valence-corrected chi connectivity index (χ0v) is 31.1. The molecule has 2 unspecified atom stereocenters. The summed E-state index contributed by atoms with van der Waals surface area (Å²) in [6.45, 7) is 0. The highest BCUT2D eigenvalue weighted by Crippen LogP contribution is 2.60. The molecular formula is C44H32O10P2. The summed E-state index contributed by atoms with van der Waals surface area (Å²) in [5.74, 6) is -0.883. The van der Waals surface area contributed by atoms with Crippen molar-refractivity contribution in [2.45, 2.75) is 5.60 Å². The van der Waals surface area contributed by atoms with Crippen molar-refractivity contribution in [2.75, 3.05) is 0 Å². The van der Waals surface area contributed by atoms with E-state index < -0.39 is 27.2 Å². The molecule has 7 aromatic carbocycles. The predicted molar refractivity (Wildman–Crippen MR) is 212 cm³/mol. The standard InChI is InChI=1S/C44H32O10P2/c45-35-25-21-33(22-26-35)44(34-23-27-36(28-24-34)53-56(50,51)54-55(47,48)49)42-40(32-19-11-4-12-20-32)38(30-15-7-2-8-16-30)37(29-13-5-1-6-14-29)39(41(42)43(46)52-44)31-17-9-3-10-18-31/h1-28,45H,(H,50,51)(H2,47,48,49). The number of fused-ring (bicyclic) bond motifs is 1. The number of carbonyl (C=O) groups excluding carboxylic acids is 1. The summed E-state index contributed by atoms with van der Waals surface area (Å²) in [6.07, 6.45) is 0. The molecule has 10 nitrogen and oxygen atoms in total. The molecule has 0 radical (unpaired) electrons. The summed E-state index contributed by atoms with van der Waals surface area (Å²) in [6, 6.07) is 51.1. The molecule has 0 aromatic heterocycles. The molecule has 1 heterocycles. The van der Waals surface area contributed by atoms with Crippen molar-refractivity contribution in [3.8, 4) is 56.0 Å². The van der Waals surface area contributed by atoms with Gasteiger partial charge in [0.1, 0.15) is 11.5 Å². The van der Waals surface area contributed by atoms with E-state index in [0.29, 0.717) is 33.4 Å². The van der Waals surface area contributed by atoms with Gasteiger partial charge in [-0.3, -0.25) is 4.89 Å². The summed E-state index contributed by atoms with van der Waals surface area (Å²) in [4.78, 5) is 43.4. The lowest BCUT2D eigenvalue weighted by atomic mass is 9.70. The van der Waals surface area contributed by atoms with Crippen molar-refractivity contribution in [1.82, 2.24) is 0 Å². The molecule has 0 amide bonds. The fraction of sp³-hybridized carbons (Fsp3) is 0.0227. The number of aromatic hydroxyl groups is 1. The average molecular weight is 783 g/mol. The number of benzene rings is 7. The number of hydrogen-bond acceptors (Lipinski definition) is 7. The lowest BCUT2D eigenvalue weighted by Crippen LogP contribution is -2.30. The average Bonchev–Trinajstić information content (AvgIpc) is 3.50. The lowest BCUT2D eigenvalue weighted by molar-refractivity contribution is 0.0253. The Balaban J connectivity index is 1.54. The van der Waals surface area contributed by atoms with Crippen LogP contribution in [0, 0.1) is 0 Å². The van der Waals surface area contributed by atoms with E-state index in [-0.39, 0.29) is 11.5 Å². The number of phenolic OH excluding ortho intramolecular Hbond substituents is 1. The van der Waals surface area contributed by atoms with E-state index in [1.54, 1.807) is 12.1 Å². The molecule has 0 bridgehead atoms. The largest absolute Gasteiger partial charge is 0.536 e. The Hall–Kier alpha value is -6.09. The van der Waals surface area contributed by atoms with Gasteiger partial charge in [0, 0.05) is 22.3 Å². The number of esters is 1. The molecule has 0 saturated heterocycles. The van der Waals surface area contributed by atoms with Gasteiger partial charge in [-0.25, -0.2) is 13.9 Å². The second kappa shape index (κ2) is 14.5. The van der Waals surface area contributed by atoms with Crippen LogP contribution in [0.15, 0.2) is 170 Å². The third-order valence-corrected chi connectivity index (χ3v) is 11.6. The van der Waals surface area contributed by atoms with Crippen molar-refractivity contribution in [2.24, 2.45) is 0 Å². The first kappa shape index (κ1) is 36.9. The van der Waals surface area contributed by atoms with Crippen LogP contribution in [-0.2, 0) is 23.8 Å². The van der Waals surface area contributed by atoms with Gasteiger partial charge in [-0.2, -0.15) is 4.31 Å². The number of phenols is 1.